The van der Waals surface area contributed by atoms with E-state index >= 15 is 0 Å². The van der Waals surface area contributed by atoms with Gasteiger partial charge in [0.15, 0.2) is 0 Å². The number of amides is 3. The molecule has 8 heteroatoms. The van der Waals surface area contributed by atoms with Crippen LogP contribution >= 0.6 is 0 Å². The molecule has 1 aromatic rings. The molecule has 0 N–H and O–H groups in total. The smallest absolute Gasteiger partial charge is 0.241 e. The zero-order valence-electron chi connectivity index (χ0n) is 17.4. The van der Waals surface area contributed by atoms with Gasteiger partial charge in [0, 0.05) is 44.5 Å². The lowest BCUT2D eigenvalue weighted by Crippen LogP contribution is -2.47. The Morgan fingerprint density at radius 3 is 2.67 bits per heavy atom. The van der Waals surface area contributed by atoms with Gasteiger partial charge in [-0.05, 0) is 25.8 Å². The summed E-state index contributed by atoms with van der Waals surface area (Å²) >= 11 is 0. The summed E-state index contributed by atoms with van der Waals surface area (Å²) in [6.45, 7) is 2.48. The molecule has 0 spiro atoms. The van der Waals surface area contributed by atoms with Crippen LogP contribution in [-0.2, 0) is 29.3 Å². The molecule has 2 aliphatic rings. The van der Waals surface area contributed by atoms with Crippen LogP contribution in [0.2, 0.25) is 0 Å². The zero-order valence-corrected chi connectivity index (χ0v) is 17.4. The second-order valence-electron chi connectivity index (χ2n) is 8.05. The van der Waals surface area contributed by atoms with E-state index in [4.69, 9.17) is 4.74 Å². The molecular weight excluding hydrogens is 391 g/mol. The number of hydrogen-bond donors (Lipinski definition) is 0. The summed E-state index contributed by atoms with van der Waals surface area (Å²) in [4.78, 5) is 53.6. The fourth-order valence-corrected chi connectivity index (χ4v) is 4.41. The minimum absolute atomic E-state index is 0.0224. The number of carbonyl (C=O) groups is 4. The first-order valence-corrected chi connectivity index (χ1v) is 10.2. The third-order valence-corrected chi connectivity index (χ3v) is 6.12. The molecule has 3 rings (SSSR count). The number of benzene rings is 1. The molecule has 0 bridgehead atoms. The van der Waals surface area contributed by atoms with Crippen molar-refractivity contribution in [2.45, 2.75) is 38.0 Å². The van der Waals surface area contributed by atoms with Crippen LogP contribution in [0.15, 0.2) is 24.3 Å². The Balaban J connectivity index is 1.93. The molecule has 1 aromatic carbocycles. The van der Waals surface area contributed by atoms with Crippen molar-refractivity contribution in [1.29, 1.82) is 0 Å². The van der Waals surface area contributed by atoms with Crippen molar-refractivity contribution in [3.05, 3.63) is 35.6 Å². The summed E-state index contributed by atoms with van der Waals surface area (Å²) in [5, 5.41) is 0. The van der Waals surface area contributed by atoms with Crippen LogP contribution in [0.3, 0.4) is 0 Å². The third-order valence-electron chi connectivity index (χ3n) is 6.12. The van der Waals surface area contributed by atoms with E-state index in [0.717, 1.165) is 11.3 Å². The molecule has 3 amide bonds. The summed E-state index contributed by atoms with van der Waals surface area (Å²) in [5.41, 5.74) is -1.53. The van der Waals surface area contributed by atoms with E-state index in [1.807, 2.05) is 0 Å². The Labute approximate surface area is 175 Å². The van der Waals surface area contributed by atoms with Gasteiger partial charge in [-0.3, -0.25) is 24.1 Å². The average Bonchev–Trinajstić information content (AvgIpc) is 2.96. The molecule has 2 atom stereocenters. The van der Waals surface area contributed by atoms with Gasteiger partial charge >= 0.3 is 0 Å². The van der Waals surface area contributed by atoms with E-state index in [9.17, 15) is 23.6 Å². The molecule has 2 fully saturated rings. The SMILES string of the molecule is COCCN1C(=O)CC(CC(=O)N2CCCC(C(C)=O)C2)(c2ccccc2F)C1=O. The number of methoxy groups -OCH3 is 1. The van der Waals surface area contributed by atoms with E-state index < -0.39 is 23.0 Å². The average molecular weight is 418 g/mol. The maximum atomic E-state index is 14.8. The number of likely N-dealkylation sites (tertiary alicyclic amines) is 2. The molecular formula is C22H27FN2O5. The summed E-state index contributed by atoms with van der Waals surface area (Å²) < 4.78 is 19.7. The maximum absolute atomic E-state index is 14.8. The predicted molar refractivity (Wildman–Crippen MR) is 106 cm³/mol. The molecule has 0 aliphatic carbocycles. The van der Waals surface area contributed by atoms with E-state index in [-0.39, 0.29) is 55.7 Å². The molecule has 0 saturated carbocycles. The Kier molecular flexibility index (Phi) is 6.65. The number of piperidine rings is 1. The number of carbonyl (C=O) groups excluding carboxylic acids is 4. The summed E-state index contributed by atoms with van der Waals surface area (Å²) in [7, 11) is 1.46. The van der Waals surface area contributed by atoms with Gasteiger partial charge in [-0.2, -0.15) is 0 Å². The lowest BCUT2D eigenvalue weighted by molar-refractivity contribution is -0.144. The van der Waals surface area contributed by atoms with Gasteiger partial charge in [0.2, 0.25) is 17.7 Å². The third kappa shape index (κ3) is 4.14. The van der Waals surface area contributed by atoms with Crippen molar-refractivity contribution < 1.29 is 28.3 Å². The molecule has 2 heterocycles. The molecule has 30 heavy (non-hydrogen) atoms. The lowest BCUT2D eigenvalue weighted by Gasteiger charge is -2.35. The first kappa shape index (κ1) is 22.1. The molecule has 2 saturated heterocycles. The molecule has 0 aromatic heterocycles. The number of imide groups is 1. The largest absolute Gasteiger partial charge is 0.383 e. The summed E-state index contributed by atoms with van der Waals surface area (Å²) in [6, 6.07) is 5.78. The van der Waals surface area contributed by atoms with E-state index in [2.05, 4.69) is 0 Å². The van der Waals surface area contributed by atoms with Crippen molar-refractivity contribution in [2.75, 3.05) is 33.4 Å². The van der Waals surface area contributed by atoms with E-state index in [1.165, 1.54) is 32.2 Å². The van der Waals surface area contributed by atoms with Gasteiger partial charge in [-0.15, -0.1) is 0 Å². The van der Waals surface area contributed by atoms with Crippen LogP contribution in [0.1, 0.15) is 38.2 Å². The number of Topliss-reactive ketones (excluding diaryl/α,β-unsaturated/α-hetero) is 1. The minimum Gasteiger partial charge on any atom is -0.383 e. The number of ketones is 1. The molecule has 2 unspecified atom stereocenters. The number of ether oxygens (including phenoxy) is 1. The second kappa shape index (κ2) is 9.04. The first-order valence-electron chi connectivity index (χ1n) is 10.2. The Bertz CT molecular complexity index is 858. The van der Waals surface area contributed by atoms with Gasteiger partial charge in [0.25, 0.3) is 0 Å². The van der Waals surface area contributed by atoms with Crippen LogP contribution in [0, 0.1) is 11.7 Å². The van der Waals surface area contributed by atoms with Crippen molar-refractivity contribution >= 4 is 23.5 Å². The molecule has 7 nitrogen and oxygen atoms in total. The fourth-order valence-electron chi connectivity index (χ4n) is 4.41. The molecule has 2 aliphatic heterocycles. The lowest BCUT2D eigenvalue weighted by atomic mass is 9.75. The van der Waals surface area contributed by atoms with Crippen LogP contribution in [0.4, 0.5) is 4.39 Å². The Morgan fingerprint density at radius 2 is 2.00 bits per heavy atom. The van der Waals surface area contributed by atoms with Gasteiger partial charge < -0.3 is 9.64 Å². The summed E-state index contributed by atoms with van der Waals surface area (Å²) in [5.74, 6) is -2.21. The van der Waals surface area contributed by atoms with Crippen LogP contribution in [-0.4, -0.2) is 66.7 Å². The number of halogens is 1. The Hall–Kier alpha value is -2.61. The minimum atomic E-state index is -1.59. The summed E-state index contributed by atoms with van der Waals surface area (Å²) in [6.07, 6.45) is 0.827. The number of nitrogens with zero attached hydrogens (tertiary/aromatic N) is 2. The molecule has 162 valence electrons. The second-order valence-corrected chi connectivity index (χ2v) is 8.05. The fraction of sp³-hybridized carbons (Fsp3) is 0.545. The highest BCUT2D eigenvalue weighted by atomic mass is 19.1. The van der Waals surface area contributed by atoms with Crippen molar-refractivity contribution in [3.8, 4) is 0 Å². The van der Waals surface area contributed by atoms with Gasteiger partial charge in [-0.1, -0.05) is 18.2 Å². The van der Waals surface area contributed by atoms with Crippen LogP contribution in [0.5, 0.6) is 0 Å². The standard InChI is InChI=1S/C22H27FN2O5/c1-15(26)16-6-5-9-24(14-16)19(27)12-22(17-7-3-4-8-18(17)23)13-20(28)25(21(22)29)10-11-30-2/h3-4,7-8,16H,5-6,9-14H2,1-2H3. The first-order chi connectivity index (χ1) is 14.3. The number of hydrogen-bond acceptors (Lipinski definition) is 5. The van der Waals surface area contributed by atoms with Crippen molar-refractivity contribution in [2.24, 2.45) is 5.92 Å². The van der Waals surface area contributed by atoms with Gasteiger partial charge in [0.1, 0.15) is 11.6 Å². The van der Waals surface area contributed by atoms with Crippen molar-refractivity contribution in [3.63, 3.8) is 0 Å². The zero-order chi connectivity index (χ0) is 21.9. The van der Waals surface area contributed by atoms with Crippen LogP contribution < -0.4 is 0 Å². The van der Waals surface area contributed by atoms with Gasteiger partial charge in [-0.25, -0.2) is 4.39 Å². The highest BCUT2D eigenvalue weighted by Gasteiger charge is 2.55. The van der Waals surface area contributed by atoms with Crippen molar-refractivity contribution in [1.82, 2.24) is 9.80 Å². The quantitative estimate of drug-likeness (QED) is 0.629. The topological polar surface area (TPSA) is 84.0 Å². The van der Waals surface area contributed by atoms with E-state index in [0.29, 0.717) is 13.0 Å². The normalized spacial score (nSPS) is 24.4. The van der Waals surface area contributed by atoms with E-state index in [1.54, 1.807) is 11.0 Å². The number of rotatable bonds is 7. The van der Waals surface area contributed by atoms with Gasteiger partial charge in [0.05, 0.1) is 18.6 Å². The highest BCUT2D eigenvalue weighted by Crippen LogP contribution is 2.41. The maximum Gasteiger partial charge on any atom is 0.241 e. The predicted octanol–water partition coefficient (Wildman–Crippen LogP) is 1.69. The molecule has 0 radical (unpaired) electrons. The Morgan fingerprint density at radius 1 is 1.27 bits per heavy atom. The highest BCUT2D eigenvalue weighted by molar-refractivity contribution is 6.10. The monoisotopic (exact) mass is 418 g/mol. The van der Waals surface area contributed by atoms with Crippen LogP contribution in [0.25, 0.3) is 0 Å².